The van der Waals surface area contributed by atoms with Crippen LogP contribution in [0.5, 0.6) is 0 Å². The van der Waals surface area contributed by atoms with Gasteiger partial charge in [0.15, 0.2) is 17.0 Å². The number of benzene rings is 1. The van der Waals surface area contributed by atoms with Crippen LogP contribution in [0.2, 0.25) is 10.0 Å². The van der Waals surface area contributed by atoms with Crippen molar-refractivity contribution in [2.75, 3.05) is 4.90 Å². The zero-order valence-electron chi connectivity index (χ0n) is 14.7. The lowest BCUT2D eigenvalue weighted by Gasteiger charge is -2.23. The Balaban J connectivity index is 1.75. The van der Waals surface area contributed by atoms with Gasteiger partial charge < -0.3 is 4.90 Å². The second-order valence-corrected chi connectivity index (χ2v) is 8.07. The molecule has 5 nitrogen and oxygen atoms in total. The largest absolute Gasteiger partial charge is 0.349 e. The Kier molecular flexibility index (Phi) is 3.66. The van der Waals surface area contributed by atoms with Crippen LogP contribution in [-0.4, -0.2) is 31.6 Å². The number of rotatable bonds is 4. The molecule has 0 radical (unpaired) electrons. The van der Waals surface area contributed by atoms with Gasteiger partial charge in [-0.15, -0.1) is 0 Å². The van der Waals surface area contributed by atoms with Crippen molar-refractivity contribution in [3.63, 3.8) is 0 Å². The number of halogens is 2. The van der Waals surface area contributed by atoms with Crippen LogP contribution in [0.25, 0.3) is 16.9 Å². The Morgan fingerprint density at radius 3 is 2.31 bits per heavy atom. The number of anilines is 1. The molecular weight excluding hydrogens is 369 g/mol. The van der Waals surface area contributed by atoms with Crippen molar-refractivity contribution in [1.82, 2.24) is 19.5 Å². The van der Waals surface area contributed by atoms with E-state index in [9.17, 15) is 0 Å². The van der Waals surface area contributed by atoms with Crippen LogP contribution in [0.4, 0.5) is 5.82 Å². The number of hydrogen-bond donors (Lipinski definition) is 0. The van der Waals surface area contributed by atoms with Crippen LogP contribution in [0.3, 0.4) is 0 Å². The normalized spacial score (nSPS) is 17.1. The lowest BCUT2D eigenvalue weighted by Crippen LogP contribution is -2.29. The van der Waals surface area contributed by atoms with E-state index in [0.717, 1.165) is 34.3 Å². The van der Waals surface area contributed by atoms with Gasteiger partial charge in [0.05, 0.1) is 10.7 Å². The molecule has 0 atom stereocenters. The Hall–Kier alpha value is -1.85. The fraction of sp³-hybridized carbons (Fsp3) is 0.421. The highest BCUT2D eigenvalue weighted by molar-refractivity contribution is 6.35. The minimum absolute atomic E-state index is 0.582. The van der Waals surface area contributed by atoms with Crippen LogP contribution in [-0.2, 0) is 0 Å². The van der Waals surface area contributed by atoms with Crippen molar-refractivity contribution < 1.29 is 0 Å². The fourth-order valence-corrected chi connectivity index (χ4v) is 4.13. The van der Waals surface area contributed by atoms with Crippen molar-refractivity contribution in [3.05, 3.63) is 39.9 Å². The molecule has 2 aliphatic rings. The zero-order valence-corrected chi connectivity index (χ0v) is 16.2. The highest BCUT2D eigenvalue weighted by atomic mass is 35.5. The number of fused-ring (bicyclic) bond motifs is 1. The quantitative estimate of drug-likeness (QED) is 0.640. The van der Waals surface area contributed by atoms with Crippen molar-refractivity contribution in [3.8, 4) is 5.69 Å². The number of hydrogen-bond acceptors (Lipinski definition) is 4. The van der Waals surface area contributed by atoms with Gasteiger partial charge in [0, 0.05) is 17.1 Å². The van der Waals surface area contributed by atoms with E-state index < -0.39 is 0 Å². The average molecular weight is 388 g/mol. The maximum absolute atomic E-state index is 6.47. The molecule has 0 N–H and O–H groups in total. The summed E-state index contributed by atoms with van der Waals surface area (Å²) in [5.41, 5.74) is 2.50. The molecule has 2 aliphatic carbocycles. The van der Waals surface area contributed by atoms with Gasteiger partial charge in [0.25, 0.3) is 0 Å². The lowest BCUT2D eigenvalue weighted by atomic mass is 10.3. The van der Waals surface area contributed by atoms with Gasteiger partial charge in [-0.05, 0) is 57.7 Å². The van der Waals surface area contributed by atoms with E-state index in [-0.39, 0.29) is 0 Å². The molecule has 0 amide bonds. The van der Waals surface area contributed by atoms with Gasteiger partial charge in [-0.3, -0.25) is 4.57 Å². The smallest absolute Gasteiger partial charge is 0.170 e. The first-order valence-electron chi connectivity index (χ1n) is 9.00. The summed E-state index contributed by atoms with van der Waals surface area (Å²) in [7, 11) is 0. The molecule has 2 saturated carbocycles. The third-order valence-electron chi connectivity index (χ3n) is 5.04. The second-order valence-electron chi connectivity index (χ2n) is 7.23. The van der Waals surface area contributed by atoms with E-state index in [4.69, 9.17) is 38.2 Å². The number of aryl methyl sites for hydroxylation is 2. The Morgan fingerprint density at radius 2 is 1.69 bits per heavy atom. The van der Waals surface area contributed by atoms with Crippen molar-refractivity contribution in [2.45, 2.75) is 51.6 Å². The zero-order chi connectivity index (χ0) is 18.0. The summed E-state index contributed by atoms with van der Waals surface area (Å²) in [6, 6.07) is 6.70. The second kappa shape index (κ2) is 5.83. The minimum Gasteiger partial charge on any atom is -0.349 e. The summed E-state index contributed by atoms with van der Waals surface area (Å²) >= 11 is 12.5. The van der Waals surface area contributed by atoms with Crippen LogP contribution in [0.15, 0.2) is 18.2 Å². The highest BCUT2D eigenvalue weighted by Crippen LogP contribution is 2.42. The first-order valence-corrected chi connectivity index (χ1v) is 9.76. The highest BCUT2D eigenvalue weighted by Gasteiger charge is 2.41. The maximum atomic E-state index is 6.47. The molecule has 2 heterocycles. The Labute approximate surface area is 162 Å². The Morgan fingerprint density at radius 1 is 1.00 bits per heavy atom. The molecule has 1 aromatic carbocycles. The molecule has 5 rings (SSSR count). The first kappa shape index (κ1) is 16.3. The predicted octanol–water partition coefficient (Wildman–Crippen LogP) is 4.87. The van der Waals surface area contributed by atoms with Crippen LogP contribution >= 0.6 is 23.2 Å². The van der Waals surface area contributed by atoms with Gasteiger partial charge >= 0.3 is 0 Å². The first-order chi connectivity index (χ1) is 12.5. The summed E-state index contributed by atoms with van der Waals surface area (Å²) < 4.78 is 2.00. The van der Waals surface area contributed by atoms with E-state index in [1.54, 1.807) is 6.07 Å². The molecule has 0 bridgehead atoms. The SMILES string of the molecule is Cc1nc(N(C2CC2)C2CC2)c2nc(C)n(-c3ccc(Cl)cc3Cl)c2n1. The standard InChI is InChI=1S/C19H19Cl2N5/c1-10-22-18-17(19(23-10)26(13-4-5-13)14-6-7-14)24-11(2)25(18)16-8-3-12(20)9-15(16)21/h3,8-9,13-14H,4-7H2,1-2H3. The molecule has 0 unspecified atom stereocenters. The summed E-state index contributed by atoms with van der Waals surface area (Å²) in [6.45, 7) is 3.92. The van der Waals surface area contributed by atoms with Gasteiger partial charge in [-0.1, -0.05) is 23.2 Å². The molecule has 0 saturated heterocycles. The third kappa shape index (κ3) is 2.65. The monoisotopic (exact) mass is 387 g/mol. The van der Waals surface area contributed by atoms with E-state index in [1.807, 2.05) is 30.5 Å². The molecule has 2 aromatic heterocycles. The molecule has 2 fully saturated rings. The lowest BCUT2D eigenvalue weighted by molar-refractivity contribution is 0.771. The molecule has 26 heavy (non-hydrogen) atoms. The van der Waals surface area contributed by atoms with Crippen molar-refractivity contribution in [2.24, 2.45) is 0 Å². The predicted molar refractivity (Wildman–Crippen MR) is 105 cm³/mol. The molecular formula is C19H19Cl2N5. The maximum Gasteiger partial charge on any atom is 0.170 e. The summed E-state index contributed by atoms with van der Waals surface area (Å²) in [6.07, 6.45) is 4.96. The molecule has 134 valence electrons. The van der Waals surface area contributed by atoms with Gasteiger partial charge in [-0.2, -0.15) is 0 Å². The molecule has 0 spiro atoms. The fourth-order valence-electron chi connectivity index (χ4n) is 3.64. The number of nitrogens with zero attached hydrogens (tertiary/aromatic N) is 5. The van der Waals surface area contributed by atoms with Gasteiger partial charge in [0.1, 0.15) is 11.6 Å². The van der Waals surface area contributed by atoms with Crippen molar-refractivity contribution in [1.29, 1.82) is 0 Å². The summed E-state index contributed by atoms with van der Waals surface area (Å²) in [5.74, 6) is 2.58. The van der Waals surface area contributed by atoms with Gasteiger partial charge in [-0.25, -0.2) is 15.0 Å². The van der Waals surface area contributed by atoms with Gasteiger partial charge in [0.2, 0.25) is 0 Å². The van der Waals surface area contributed by atoms with E-state index in [2.05, 4.69) is 4.90 Å². The molecule has 3 aromatic rings. The summed E-state index contributed by atoms with van der Waals surface area (Å²) in [4.78, 5) is 16.8. The average Bonchev–Trinajstić information content (AvgIpc) is 3.48. The van der Waals surface area contributed by atoms with E-state index in [0.29, 0.717) is 22.1 Å². The Bertz CT molecular complexity index is 1010. The topological polar surface area (TPSA) is 46.8 Å². The van der Waals surface area contributed by atoms with E-state index in [1.165, 1.54) is 25.7 Å². The van der Waals surface area contributed by atoms with E-state index >= 15 is 0 Å². The van der Waals surface area contributed by atoms with Crippen LogP contribution in [0.1, 0.15) is 37.3 Å². The number of imidazole rings is 1. The number of aromatic nitrogens is 4. The summed E-state index contributed by atoms with van der Waals surface area (Å²) in [5, 5.41) is 1.19. The molecule has 7 heteroatoms. The minimum atomic E-state index is 0.582. The molecule has 0 aliphatic heterocycles. The third-order valence-corrected chi connectivity index (χ3v) is 5.58. The van der Waals surface area contributed by atoms with Crippen LogP contribution in [0, 0.1) is 13.8 Å². The van der Waals surface area contributed by atoms with Crippen LogP contribution < -0.4 is 4.90 Å². The van der Waals surface area contributed by atoms with Crippen molar-refractivity contribution >= 4 is 40.2 Å².